The van der Waals surface area contributed by atoms with Crippen molar-refractivity contribution in [1.29, 1.82) is 0 Å². The Morgan fingerprint density at radius 3 is 3.09 bits per heavy atom. The van der Waals surface area contributed by atoms with Gasteiger partial charge in [-0.25, -0.2) is 0 Å². The van der Waals surface area contributed by atoms with Crippen LogP contribution in [0.4, 0.5) is 0 Å². The second-order valence-electron chi connectivity index (χ2n) is 7.35. The van der Waals surface area contributed by atoms with Crippen molar-refractivity contribution in [1.82, 2.24) is 0 Å². The quantitative estimate of drug-likeness (QED) is 0.560. The number of rotatable bonds is 7. The van der Waals surface area contributed by atoms with Crippen molar-refractivity contribution in [2.75, 3.05) is 20.3 Å². The average molecular weight is 318 g/mol. The summed E-state index contributed by atoms with van der Waals surface area (Å²) in [4.78, 5) is 0. The molecule has 1 aromatic heterocycles. The van der Waals surface area contributed by atoms with E-state index in [1.807, 2.05) is 6.08 Å². The molecule has 0 amide bonds. The van der Waals surface area contributed by atoms with E-state index in [4.69, 9.17) is 18.6 Å². The molecule has 1 aromatic rings. The van der Waals surface area contributed by atoms with Gasteiger partial charge in [0.2, 0.25) is 0 Å². The molecule has 1 saturated heterocycles. The van der Waals surface area contributed by atoms with Crippen LogP contribution in [0, 0.1) is 5.41 Å². The summed E-state index contributed by atoms with van der Waals surface area (Å²) in [5.74, 6) is 0.972. The van der Waals surface area contributed by atoms with Gasteiger partial charge in [-0.15, -0.1) is 6.58 Å². The molecule has 2 aliphatic carbocycles. The summed E-state index contributed by atoms with van der Waals surface area (Å²) < 4.78 is 24.2. The monoisotopic (exact) mass is 318 g/mol. The molecular formula is C19H26O4. The average Bonchev–Trinajstić information content (AvgIpc) is 3.16. The summed E-state index contributed by atoms with van der Waals surface area (Å²) in [6.07, 6.45) is 8.74. The number of hydrogen-bond donors (Lipinski definition) is 0. The first-order valence-electron chi connectivity index (χ1n) is 8.62. The van der Waals surface area contributed by atoms with Crippen LogP contribution in [0.5, 0.6) is 0 Å². The Morgan fingerprint density at radius 1 is 1.43 bits per heavy atom. The van der Waals surface area contributed by atoms with Crippen LogP contribution < -0.4 is 0 Å². The molecular weight excluding hydrogens is 292 g/mol. The molecule has 0 radical (unpaired) electrons. The smallest absolute Gasteiger partial charge is 0.138 e. The lowest BCUT2D eigenvalue weighted by Gasteiger charge is -2.49. The van der Waals surface area contributed by atoms with Gasteiger partial charge in [-0.3, -0.25) is 0 Å². The second kappa shape index (κ2) is 5.20. The van der Waals surface area contributed by atoms with E-state index in [2.05, 4.69) is 19.6 Å². The van der Waals surface area contributed by atoms with E-state index in [0.29, 0.717) is 6.61 Å². The third-order valence-corrected chi connectivity index (χ3v) is 6.50. The molecule has 4 nitrogen and oxygen atoms in total. The minimum atomic E-state index is -0.320. The lowest BCUT2D eigenvalue weighted by atomic mass is 9.58. The van der Waals surface area contributed by atoms with E-state index in [1.165, 1.54) is 5.56 Å². The van der Waals surface area contributed by atoms with Crippen LogP contribution in [0.15, 0.2) is 29.4 Å². The maximum atomic E-state index is 6.55. The highest BCUT2D eigenvalue weighted by atomic mass is 16.5. The van der Waals surface area contributed by atoms with Gasteiger partial charge in [0.05, 0.1) is 18.5 Å². The standard InChI is InChI=1S/C19H26O4/c1-4-10-22-19-9-8-17(2)18(19,7-5-11-20-3)13-15(23-17)16-14(19)6-12-21-16/h4,6,12,15H,1,5,7-11,13H2,2-3H3/t15-,17?,18+,19-/m0/s1. The Labute approximate surface area is 137 Å². The molecule has 0 aromatic carbocycles. The first-order chi connectivity index (χ1) is 11.1. The zero-order valence-corrected chi connectivity index (χ0v) is 14.1. The van der Waals surface area contributed by atoms with E-state index >= 15 is 0 Å². The molecule has 2 bridgehead atoms. The lowest BCUT2D eigenvalue weighted by molar-refractivity contribution is -0.151. The topological polar surface area (TPSA) is 40.8 Å². The summed E-state index contributed by atoms with van der Waals surface area (Å²) in [6, 6.07) is 2.09. The molecule has 4 atom stereocenters. The summed E-state index contributed by atoms with van der Waals surface area (Å²) in [7, 11) is 1.76. The minimum Gasteiger partial charge on any atom is -0.466 e. The number of methoxy groups -OCH3 is 1. The van der Waals surface area contributed by atoms with Crippen molar-refractivity contribution in [3.05, 3.63) is 36.3 Å². The molecule has 126 valence electrons. The summed E-state index contributed by atoms with van der Waals surface area (Å²) >= 11 is 0. The first-order valence-corrected chi connectivity index (χ1v) is 8.62. The Kier molecular flexibility index (Phi) is 3.49. The Bertz CT molecular complexity index is 608. The van der Waals surface area contributed by atoms with Crippen molar-refractivity contribution in [3.8, 4) is 0 Å². The van der Waals surface area contributed by atoms with Crippen LogP contribution in [0.1, 0.15) is 56.5 Å². The molecule has 2 heterocycles. The maximum Gasteiger partial charge on any atom is 0.138 e. The van der Waals surface area contributed by atoms with Crippen LogP contribution >= 0.6 is 0 Å². The molecule has 1 saturated carbocycles. The highest BCUT2D eigenvalue weighted by Crippen LogP contribution is 2.74. The summed E-state index contributed by atoms with van der Waals surface area (Å²) in [5.41, 5.74) is 0.713. The Hall–Kier alpha value is -1.10. The zero-order valence-electron chi connectivity index (χ0n) is 14.1. The van der Waals surface area contributed by atoms with Gasteiger partial charge in [-0.2, -0.15) is 0 Å². The molecule has 1 aliphatic heterocycles. The SMILES string of the molecule is C=CCO[C@]12CCC3(C)O[C@@H](C[C@]31CCCOC)c1occc12. The molecule has 1 unspecified atom stereocenters. The van der Waals surface area contributed by atoms with Gasteiger partial charge in [0.25, 0.3) is 0 Å². The number of fused-ring (bicyclic) bond motifs is 4. The number of hydrogen-bond acceptors (Lipinski definition) is 4. The van der Waals surface area contributed by atoms with Crippen molar-refractivity contribution in [3.63, 3.8) is 0 Å². The first kappa shape index (κ1) is 15.4. The van der Waals surface area contributed by atoms with Crippen molar-refractivity contribution < 1.29 is 18.6 Å². The van der Waals surface area contributed by atoms with Gasteiger partial charge >= 0.3 is 0 Å². The highest BCUT2D eigenvalue weighted by Gasteiger charge is 2.75. The molecule has 3 aliphatic rings. The van der Waals surface area contributed by atoms with Crippen LogP contribution in [-0.4, -0.2) is 25.9 Å². The zero-order chi connectivity index (χ0) is 16.1. The van der Waals surface area contributed by atoms with Crippen molar-refractivity contribution in [2.45, 2.75) is 56.3 Å². The van der Waals surface area contributed by atoms with E-state index in [-0.39, 0.29) is 22.7 Å². The van der Waals surface area contributed by atoms with Gasteiger partial charge in [-0.05, 0) is 45.1 Å². The van der Waals surface area contributed by atoms with Crippen LogP contribution in [0.3, 0.4) is 0 Å². The van der Waals surface area contributed by atoms with Gasteiger partial charge in [0, 0.05) is 24.7 Å². The van der Waals surface area contributed by atoms with Gasteiger partial charge in [0.15, 0.2) is 0 Å². The van der Waals surface area contributed by atoms with Crippen molar-refractivity contribution in [2.24, 2.45) is 5.41 Å². The van der Waals surface area contributed by atoms with E-state index in [0.717, 1.165) is 44.5 Å². The normalized spacial score (nSPS) is 40.3. The van der Waals surface area contributed by atoms with Crippen LogP contribution in [0.2, 0.25) is 0 Å². The fraction of sp³-hybridized carbons (Fsp3) is 0.684. The molecule has 4 rings (SSSR count). The van der Waals surface area contributed by atoms with E-state index in [1.54, 1.807) is 13.4 Å². The predicted molar refractivity (Wildman–Crippen MR) is 86.2 cm³/mol. The third kappa shape index (κ3) is 1.77. The Balaban J connectivity index is 1.82. The van der Waals surface area contributed by atoms with Crippen LogP contribution in [-0.2, 0) is 19.8 Å². The minimum absolute atomic E-state index is 0.0108. The third-order valence-electron chi connectivity index (χ3n) is 6.50. The summed E-state index contributed by atoms with van der Waals surface area (Å²) in [6.45, 7) is 7.44. The largest absolute Gasteiger partial charge is 0.466 e. The van der Waals surface area contributed by atoms with E-state index < -0.39 is 0 Å². The van der Waals surface area contributed by atoms with E-state index in [9.17, 15) is 0 Å². The Morgan fingerprint density at radius 2 is 2.30 bits per heavy atom. The number of furan rings is 1. The molecule has 4 heteroatoms. The van der Waals surface area contributed by atoms with Gasteiger partial charge in [0.1, 0.15) is 17.5 Å². The predicted octanol–water partition coefficient (Wildman–Crippen LogP) is 4.12. The fourth-order valence-electron chi connectivity index (χ4n) is 5.56. The second-order valence-corrected chi connectivity index (χ2v) is 7.35. The maximum absolute atomic E-state index is 6.55. The summed E-state index contributed by atoms with van der Waals surface area (Å²) in [5, 5.41) is 0. The number of ether oxygens (including phenoxy) is 3. The fourth-order valence-corrected chi connectivity index (χ4v) is 5.56. The van der Waals surface area contributed by atoms with Crippen LogP contribution in [0.25, 0.3) is 0 Å². The molecule has 2 fully saturated rings. The van der Waals surface area contributed by atoms with Gasteiger partial charge < -0.3 is 18.6 Å². The molecule has 0 N–H and O–H groups in total. The molecule has 0 spiro atoms. The van der Waals surface area contributed by atoms with Crippen molar-refractivity contribution >= 4 is 0 Å². The van der Waals surface area contributed by atoms with Gasteiger partial charge in [-0.1, -0.05) is 6.08 Å². The highest BCUT2D eigenvalue weighted by molar-refractivity contribution is 5.41. The lowest BCUT2D eigenvalue weighted by Crippen LogP contribution is -2.52. The molecule has 23 heavy (non-hydrogen) atoms.